The zero-order chi connectivity index (χ0) is 14.9. The first-order chi connectivity index (χ1) is 9.47. The molecule has 1 N–H and O–H groups in total. The third-order valence-corrected chi connectivity index (χ3v) is 4.64. The molecule has 20 heavy (non-hydrogen) atoms. The third-order valence-electron chi connectivity index (χ3n) is 3.62. The quantitative estimate of drug-likeness (QED) is 0.787. The number of hydrogen-bond donors (Lipinski definition) is 1. The molecule has 1 aromatic carbocycles. The lowest BCUT2D eigenvalue weighted by Gasteiger charge is -2.24. The Morgan fingerprint density at radius 1 is 1.25 bits per heavy atom. The summed E-state index contributed by atoms with van der Waals surface area (Å²) in [5, 5.41) is 1.09. The molecule has 1 aromatic heterocycles. The fourth-order valence-electron chi connectivity index (χ4n) is 2.50. The highest BCUT2D eigenvalue weighted by atomic mass is 35.5. The molecule has 2 aromatic rings. The van der Waals surface area contributed by atoms with Crippen molar-refractivity contribution in [3.8, 4) is 0 Å². The van der Waals surface area contributed by atoms with Crippen LogP contribution >= 0.6 is 35.4 Å². The Labute approximate surface area is 134 Å². The predicted molar refractivity (Wildman–Crippen MR) is 89.6 cm³/mol. The monoisotopic (exact) mass is 331 g/mol. The molecule has 110 valence electrons. The number of halogens is 2. The first kappa shape index (κ1) is 15.8. The zero-order valence-electron chi connectivity index (χ0n) is 11.9. The third kappa shape index (κ3) is 3.03. The number of nitrogens with one attached hydrogen (secondary N) is 1. The maximum absolute atomic E-state index is 6.13. The van der Waals surface area contributed by atoms with Crippen LogP contribution in [0.1, 0.15) is 26.8 Å². The summed E-state index contributed by atoms with van der Waals surface area (Å²) in [4.78, 5) is 5.58. The smallest absolute Gasteiger partial charge is 0.178 e. The highest BCUT2D eigenvalue weighted by Gasteiger charge is 2.15. The van der Waals surface area contributed by atoms with E-state index in [0.29, 0.717) is 14.8 Å². The Kier molecular flexibility index (Phi) is 5.13. The highest BCUT2D eigenvalue weighted by molar-refractivity contribution is 7.71. The minimum atomic E-state index is 0.272. The second-order valence-electron chi connectivity index (χ2n) is 4.92. The number of hydrogen-bond acceptors (Lipinski definition) is 2. The number of benzene rings is 1. The molecule has 6 heteroatoms. The number of aromatic nitrogens is 2. The summed E-state index contributed by atoms with van der Waals surface area (Å²) in [5.41, 5.74) is 1.93. The molecule has 1 unspecified atom stereocenters. The predicted octanol–water partition coefficient (Wildman–Crippen LogP) is 4.91. The van der Waals surface area contributed by atoms with Crippen LogP contribution in [0.25, 0.3) is 11.0 Å². The number of fused-ring (bicyclic) bond motifs is 1. The molecule has 0 saturated carbocycles. The van der Waals surface area contributed by atoms with Crippen molar-refractivity contribution >= 4 is 46.5 Å². The Morgan fingerprint density at radius 3 is 2.45 bits per heavy atom. The summed E-state index contributed by atoms with van der Waals surface area (Å²) in [5.74, 6) is 0. The van der Waals surface area contributed by atoms with E-state index in [2.05, 4.69) is 35.2 Å². The van der Waals surface area contributed by atoms with Gasteiger partial charge in [-0.05, 0) is 44.4 Å². The van der Waals surface area contributed by atoms with E-state index in [-0.39, 0.29) is 6.04 Å². The van der Waals surface area contributed by atoms with E-state index in [9.17, 15) is 0 Å². The van der Waals surface area contributed by atoms with Crippen LogP contribution in [0.15, 0.2) is 12.1 Å². The van der Waals surface area contributed by atoms with E-state index in [0.717, 1.165) is 30.7 Å². The largest absolute Gasteiger partial charge is 0.331 e. The zero-order valence-corrected chi connectivity index (χ0v) is 14.2. The SMILES string of the molecule is CCN(CC)CC(C)n1c(=S)[nH]c2cc(Cl)c(Cl)cc21. The van der Waals surface area contributed by atoms with Gasteiger partial charge < -0.3 is 14.5 Å². The van der Waals surface area contributed by atoms with Crippen LogP contribution in [0.4, 0.5) is 0 Å². The van der Waals surface area contributed by atoms with E-state index < -0.39 is 0 Å². The average Bonchev–Trinajstić information content (AvgIpc) is 2.71. The minimum Gasteiger partial charge on any atom is -0.331 e. The summed E-state index contributed by atoms with van der Waals surface area (Å²) in [6, 6.07) is 3.98. The van der Waals surface area contributed by atoms with E-state index in [1.54, 1.807) is 0 Å². The van der Waals surface area contributed by atoms with Crippen LogP contribution in [-0.4, -0.2) is 34.1 Å². The Bertz CT molecular complexity index is 658. The van der Waals surface area contributed by atoms with Crippen LogP contribution in [-0.2, 0) is 0 Å². The van der Waals surface area contributed by atoms with E-state index in [4.69, 9.17) is 35.4 Å². The molecule has 0 amide bonds. The van der Waals surface area contributed by atoms with Gasteiger partial charge in [-0.1, -0.05) is 37.0 Å². The van der Waals surface area contributed by atoms with Crippen molar-refractivity contribution in [2.75, 3.05) is 19.6 Å². The van der Waals surface area contributed by atoms with Crippen molar-refractivity contribution < 1.29 is 0 Å². The highest BCUT2D eigenvalue weighted by Crippen LogP contribution is 2.29. The molecule has 3 nitrogen and oxygen atoms in total. The average molecular weight is 332 g/mol. The van der Waals surface area contributed by atoms with Crippen LogP contribution < -0.4 is 0 Å². The van der Waals surface area contributed by atoms with Gasteiger partial charge in [-0.15, -0.1) is 0 Å². The molecular weight excluding hydrogens is 313 g/mol. The first-order valence-electron chi connectivity index (χ1n) is 6.79. The molecule has 0 aliphatic carbocycles. The second-order valence-corrected chi connectivity index (χ2v) is 6.12. The van der Waals surface area contributed by atoms with Crippen molar-refractivity contribution in [1.82, 2.24) is 14.5 Å². The number of imidazole rings is 1. The molecular formula is C14H19Cl2N3S. The lowest BCUT2D eigenvalue weighted by molar-refractivity contribution is 0.262. The van der Waals surface area contributed by atoms with Crippen molar-refractivity contribution in [3.63, 3.8) is 0 Å². The van der Waals surface area contributed by atoms with Gasteiger partial charge in [0.05, 0.1) is 21.1 Å². The standard InChI is InChI=1S/C14H19Cl2N3S/c1-4-18(5-2)8-9(3)19-13-7-11(16)10(15)6-12(13)17-14(19)20/h6-7,9H,4-5,8H2,1-3H3,(H,17,20). The van der Waals surface area contributed by atoms with Crippen molar-refractivity contribution in [1.29, 1.82) is 0 Å². The molecule has 0 bridgehead atoms. The van der Waals surface area contributed by atoms with Gasteiger partial charge in [0.25, 0.3) is 0 Å². The maximum Gasteiger partial charge on any atom is 0.178 e. The lowest BCUT2D eigenvalue weighted by Crippen LogP contribution is -2.29. The topological polar surface area (TPSA) is 24.0 Å². The van der Waals surface area contributed by atoms with Gasteiger partial charge in [0.1, 0.15) is 0 Å². The summed E-state index contributed by atoms with van der Waals surface area (Å²) < 4.78 is 2.82. The summed E-state index contributed by atoms with van der Waals surface area (Å²) >= 11 is 17.6. The number of nitrogens with zero attached hydrogens (tertiary/aromatic N) is 2. The second kappa shape index (κ2) is 6.48. The van der Waals surface area contributed by atoms with Gasteiger partial charge in [-0.25, -0.2) is 0 Å². The first-order valence-corrected chi connectivity index (χ1v) is 7.95. The van der Waals surface area contributed by atoms with Crippen LogP contribution in [0, 0.1) is 4.77 Å². The fraction of sp³-hybridized carbons (Fsp3) is 0.500. The van der Waals surface area contributed by atoms with Gasteiger partial charge in [-0.2, -0.15) is 0 Å². The van der Waals surface area contributed by atoms with Crippen molar-refractivity contribution in [2.45, 2.75) is 26.8 Å². The summed E-state index contributed by atoms with van der Waals surface area (Å²) in [6.45, 7) is 9.52. The van der Waals surface area contributed by atoms with Gasteiger partial charge in [-0.3, -0.25) is 0 Å². The maximum atomic E-state index is 6.13. The summed E-state index contributed by atoms with van der Waals surface area (Å²) in [7, 11) is 0. The molecule has 0 spiro atoms. The summed E-state index contributed by atoms with van der Waals surface area (Å²) in [6.07, 6.45) is 0. The Balaban J connectivity index is 2.45. The van der Waals surface area contributed by atoms with Crippen LogP contribution in [0.5, 0.6) is 0 Å². The van der Waals surface area contributed by atoms with Gasteiger partial charge in [0.2, 0.25) is 0 Å². The van der Waals surface area contributed by atoms with Gasteiger partial charge in [0, 0.05) is 12.6 Å². The lowest BCUT2D eigenvalue weighted by atomic mass is 10.2. The molecule has 0 radical (unpaired) electrons. The molecule has 0 saturated heterocycles. The van der Waals surface area contributed by atoms with Crippen molar-refractivity contribution in [2.24, 2.45) is 0 Å². The van der Waals surface area contributed by atoms with Crippen LogP contribution in [0.3, 0.4) is 0 Å². The number of aromatic amines is 1. The van der Waals surface area contributed by atoms with Gasteiger partial charge >= 0.3 is 0 Å². The van der Waals surface area contributed by atoms with E-state index in [1.807, 2.05) is 12.1 Å². The molecule has 1 heterocycles. The molecule has 0 aliphatic rings. The van der Waals surface area contributed by atoms with Crippen LogP contribution in [0.2, 0.25) is 10.0 Å². The number of likely N-dealkylation sites (N-methyl/N-ethyl adjacent to an activating group) is 1. The Hall–Kier alpha value is -0.550. The van der Waals surface area contributed by atoms with E-state index in [1.165, 1.54) is 0 Å². The molecule has 0 fully saturated rings. The van der Waals surface area contributed by atoms with Crippen molar-refractivity contribution in [3.05, 3.63) is 26.9 Å². The van der Waals surface area contributed by atoms with Gasteiger partial charge in [0.15, 0.2) is 4.77 Å². The molecule has 1 atom stereocenters. The molecule has 2 rings (SSSR count). The Morgan fingerprint density at radius 2 is 1.85 bits per heavy atom. The fourth-order valence-corrected chi connectivity index (χ4v) is 3.21. The van der Waals surface area contributed by atoms with E-state index >= 15 is 0 Å². The normalized spacial score (nSPS) is 13.3. The number of rotatable bonds is 5. The molecule has 0 aliphatic heterocycles. The number of H-pyrrole nitrogens is 1. The minimum absolute atomic E-state index is 0.272.